The van der Waals surface area contributed by atoms with E-state index in [1.807, 2.05) is 23.9 Å². The molecule has 0 saturated carbocycles. The lowest BCUT2D eigenvalue weighted by atomic mass is 10.2. The number of methoxy groups -OCH3 is 1. The van der Waals surface area contributed by atoms with Crippen molar-refractivity contribution in [2.45, 2.75) is 32.1 Å². The van der Waals surface area contributed by atoms with Crippen LogP contribution in [0.25, 0.3) is 0 Å². The minimum atomic E-state index is 0. The number of thioether (sulfide) groups is 1. The van der Waals surface area contributed by atoms with Crippen molar-refractivity contribution in [3.63, 3.8) is 0 Å². The number of rotatable bonds is 13. The zero-order chi connectivity index (χ0) is 16.6. The van der Waals surface area contributed by atoms with Crippen molar-refractivity contribution < 1.29 is 9.15 Å². The smallest absolute Gasteiger partial charge is 0.191 e. The molecule has 2 N–H and O–H groups in total. The molecule has 0 unspecified atom stereocenters. The maximum absolute atomic E-state index is 5.34. The van der Waals surface area contributed by atoms with E-state index in [0.29, 0.717) is 6.61 Å². The lowest BCUT2D eigenvalue weighted by molar-refractivity contribution is 0.203. The summed E-state index contributed by atoms with van der Waals surface area (Å²) in [5, 5.41) is 6.64. The van der Waals surface area contributed by atoms with Gasteiger partial charge in [-0.3, -0.25) is 4.99 Å². The Hall–Kier alpha value is -0.410. The van der Waals surface area contributed by atoms with Crippen LogP contribution in [-0.4, -0.2) is 51.3 Å². The zero-order valence-electron chi connectivity index (χ0n) is 14.9. The van der Waals surface area contributed by atoms with Crippen LogP contribution < -0.4 is 10.6 Å². The monoisotopic (exact) mass is 469 g/mol. The van der Waals surface area contributed by atoms with Crippen molar-refractivity contribution in [3.05, 3.63) is 24.2 Å². The van der Waals surface area contributed by atoms with Crippen LogP contribution in [-0.2, 0) is 11.2 Å². The average Bonchev–Trinajstić information content (AvgIpc) is 3.07. The molecule has 0 bridgehead atoms. The molecule has 0 amide bonds. The maximum atomic E-state index is 5.34. The lowest BCUT2D eigenvalue weighted by Crippen LogP contribution is -2.40. The Bertz CT molecular complexity index is 403. The largest absolute Gasteiger partial charge is 0.469 e. The fourth-order valence-electron chi connectivity index (χ4n) is 2.11. The normalized spacial score (nSPS) is 11.2. The van der Waals surface area contributed by atoms with E-state index >= 15 is 0 Å². The molecule has 0 radical (unpaired) electrons. The highest BCUT2D eigenvalue weighted by atomic mass is 127. The van der Waals surface area contributed by atoms with E-state index in [4.69, 9.17) is 9.15 Å². The van der Waals surface area contributed by atoms with E-state index in [9.17, 15) is 0 Å². The van der Waals surface area contributed by atoms with Crippen LogP contribution in [0.15, 0.2) is 27.8 Å². The molecule has 0 saturated heterocycles. The number of nitrogens with one attached hydrogen (secondary N) is 2. The van der Waals surface area contributed by atoms with Crippen molar-refractivity contribution in [1.29, 1.82) is 0 Å². The SMILES string of the molecule is COCCNC(=NCCCCCCSC)NCCc1ccco1.I. The minimum absolute atomic E-state index is 0. The molecule has 7 heteroatoms. The maximum Gasteiger partial charge on any atom is 0.191 e. The van der Waals surface area contributed by atoms with E-state index < -0.39 is 0 Å². The number of hydrogen-bond donors (Lipinski definition) is 2. The van der Waals surface area contributed by atoms with Crippen LogP contribution in [0.1, 0.15) is 31.4 Å². The molecule has 0 fully saturated rings. The van der Waals surface area contributed by atoms with E-state index in [-0.39, 0.29) is 24.0 Å². The molecule has 1 aromatic rings. The molecule has 0 aliphatic rings. The molecule has 1 aromatic heterocycles. The van der Waals surface area contributed by atoms with Gasteiger partial charge in [-0.2, -0.15) is 11.8 Å². The van der Waals surface area contributed by atoms with Gasteiger partial charge in [0.1, 0.15) is 5.76 Å². The van der Waals surface area contributed by atoms with Crippen molar-refractivity contribution >= 4 is 41.7 Å². The molecule has 1 heterocycles. The molecule has 24 heavy (non-hydrogen) atoms. The average molecular weight is 469 g/mol. The van der Waals surface area contributed by atoms with Crippen molar-refractivity contribution in [1.82, 2.24) is 10.6 Å². The van der Waals surface area contributed by atoms with Crippen LogP contribution in [0.4, 0.5) is 0 Å². The molecule has 0 atom stereocenters. The quantitative estimate of drug-likeness (QED) is 0.200. The van der Waals surface area contributed by atoms with Gasteiger partial charge in [0.25, 0.3) is 0 Å². The first-order valence-corrected chi connectivity index (χ1v) is 9.78. The van der Waals surface area contributed by atoms with E-state index in [1.54, 1.807) is 13.4 Å². The Labute approximate surface area is 167 Å². The highest BCUT2D eigenvalue weighted by Crippen LogP contribution is 2.04. The van der Waals surface area contributed by atoms with Crippen LogP contribution in [0.2, 0.25) is 0 Å². The molecule has 0 aliphatic carbocycles. The summed E-state index contributed by atoms with van der Waals surface area (Å²) in [6, 6.07) is 3.91. The van der Waals surface area contributed by atoms with Crippen LogP contribution in [0.3, 0.4) is 0 Å². The summed E-state index contributed by atoms with van der Waals surface area (Å²) in [6.45, 7) is 3.10. The van der Waals surface area contributed by atoms with Gasteiger partial charge in [0.05, 0.1) is 12.9 Å². The van der Waals surface area contributed by atoms with Crippen molar-refractivity contribution in [3.8, 4) is 0 Å². The van der Waals surface area contributed by atoms with Crippen molar-refractivity contribution in [2.75, 3.05) is 45.4 Å². The van der Waals surface area contributed by atoms with Gasteiger partial charge in [0.15, 0.2) is 5.96 Å². The van der Waals surface area contributed by atoms with Gasteiger partial charge in [-0.05, 0) is 37.0 Å². The highest BCUT2D eigenvalue weighted by Gasteiger charge is 2.00. The van der Waals surface area contributed by atoms with Gasteiger partial charge < -0.3 is 19.8 Å². The third-order valence-electron chi connectivity index (χ3n) is 3.37. The summed E-state index contributed by atoms with van der Waals surface area (Å²) in [4.78, 5) is 4.64. The summed E-state index contributed by atoms with van der Waals surface area (Å²) < 4.78 is 10.4. The van der Waals surface area contributed by atoms with E-state index in [0.717, 1.165) is 44.2 Å². The molecule has 0 aromatic carbocycles. The summed E-state index contributed by atoms with van der Waals surface area (Å²) in [6.07, 6.45) is 9.73. The number of aliphatic imine (C=N–C) groups is 1. The van der Waals surface area contributed by atoms with Gasteiger partial charge >= 0.3 is 0 Å². The molecule has 0 spiro atoms. The number of ether oxygens (including phenoxy) is 1. The van der Waals surface area contributed by atoms with E-state index in [2.05, 4.69) is 21.9 Å². The second kappa shape index (κ2) is 17.4. The Kier molecular flexibility index (Phi) is 17.1. The van der Waals surface area contributed by atoms with Crippen LogP contribution >= 0.6 is 35.7 Å². The minimum Gasteiger partial charge on any atom is -0.469 e. The summed E-state index contributed by atoms with van der Waals surface area (Å²) in [5.41, 5.74) is 0. The van der Waals surface area contributed by atoms with Crippen LogP contribution in [0.5, 0.6) is 0 Å². The van der Waals surface area contributed by atoms with Crippen molar-refractivity contribution in [2.24, 2.45) is 4.99 Å². The first kappa shape index (κ1) is 23.6. The third kappa shape index (κ3) is 12.9. The summed E-state index contributed by atoms with van der Waals surface area (Å²) >= 11 is 1.92. The van der Waals surface area contributed by atoms with Gasteiger partial charge in [-0.1, -0.05) is 12.8 Å². The predicted octanol–water partition coefficient (Wildman–Crippen LogP) is 3.55. The van der Waals surface area contributed by atoms with Gasteiger partial charge in [-0.25, -0.2) is 0 Å². The number of nitrogens with zero attached hydrogens (tertiary/aromatic N) is 1. The predicted molar refractivity (Wildman–Crippen MR) is 115 cm³/mol. The molecular weight excluding hydrogens is 437 g/mol. The van der Waals surface area contributed by atoms with Crippen LogP contribution in [0, 0.1) is 0 Å². The Morgan fingerprint density at radius 3 is 2.71 bits per heavy atom. The number of guanidine groups is 1. The fourth-order valence-corrected chi connectivity index (χ4v) is 2.60. The second-order valence-corrected chi connectivity index (χ2v) is 6.30. The lowest BCUT2D eigenvalue weighted by Gasteiger charge is -2.12. The first-order valence-electron chi connectivity index (χ1n) is 8.39. The Morgan fingerprint density at radius 2 is 2.00 bits per heavy atom. The Balaban J connectivity index is 0.00000529. The second-order valence-electron chi connectivity index (χ2n) is 5.31. The van der Waals surface area contributed by atoms with Gasteiger partial charge in [0, 0.05) is 33.2 Å². The first-order chi connectivity index (χ1) is 11.4. The van der Waals surface area contributed by atoms with Gasteiger partial charge in [-0.15, -0.1) is 24.0 Å². The summed E-state index contributed by atoms with van der Waals surface area (Å²) in [7, 11) is 1.71. The fraction of sp³-hybridized carbons (Fsp3) is 0.706. The Morgan fingerprint density at radius 1 is 1.21 bits per heavy atom. The molecular formula is C17H32IN3O2S. The number of hydrogen-bond acceptors (Lipinski definition) is 4. The van der Waals surface area contributed by atoms with Gasteiger partial charge in [0.2, 0.25) is 0 Å². The number of unbranched alkanes of at least 4 members (excludes halogenated alkanes) is 3. The highest BCUT2D eigenvalue weighted by molar-refractivity contribution is 14.0. The number of halogens is 1. The topological polar surface area (TPSA) is 58.8 Å². The molecule has 5 nitrogen and oxygen atoms in total. The number of furan rings is 1. The molecule has 140 valence electrons. The standard InChI is InChI=1S/C17H31N3O2S.HI/c1-21-14-12-20-17(18-10-5-3-4-6-15-23-2)19-11-9-16-8-7-13-22-16;/h7-8,13H,3-6,9-12,14-15H2,1-2H3,(H2,18,19,20);1H. The third-order valence-corrected chi connectivity index (χ3v) is 4.07. The molecule has 1 rings (SSSR count). The van der Waals surface area contributed by atoms with E-state index in [1.165, 1.54) is 25.0 Å². The summed E-state index contributed by atoms with van der Waals surface area (Å²) in [5.74, 6) is 3.11. The molecule has 0 aliphatic heterocycles. The zero-order valence-corrected chi connectivity index (χ0v) is 18.0.